The van der Waals surface area contributed by atoms with Crippen molar-refractivity contribution >= 4 is 29.2 Å². The Morgan fingerprint density at radius 3 is 2.34 bits per heavy atom. The molecular weight excluding hydrogens is 493 g/mol. The third-order valence-electron chi connectivity index (χ3n) is 4.81. The van der Waals surface area contributed by atoms with Crippen molar-refractivity contribution in [3.63, 3.8) is 0 Å². The number of aliphatic imine (C=N–C) groups is 1. The molecule has 1 unspecified atom stereocenters. The summed E-state index contributed by atoms with van der Waals surface area (Å²) < 4.78 is 4.91. The molecule has 1 atom stereocenters. The first-order valence-corrected chi connectivity index (χ1v) is 10.8. The Morgan fingerprint density at radius 1 is 1.00 bits per heavy atom. The molecule has 0 radical (unpaired) electrons. The molecule has 0 saturated heterocycles. The zero-order valence-corrected chi connectivity index (χ0v) is 19.9. The van der Waals surface area contributed by atoms with Crippen molar-refractivity contribution < 1.29 is 40.7 Å². The first kappa shape index (κ1) is 27.4. The first-order valence-electron chi connectivity index (χ1n) is 10.8. The van der Waals surface area contributed by atoms with Crippen molar-refractivity contribution in [2.24, 2.45) is 4.99 Å². The van der Waals surface area contributed by atoms with E-state index >= 15 is 0 Å². The summed E-state index contributed by atoms with van der Waals surface area (Å²) in [6, 6.07) is 19.7. The molecule has 0 spiro atoms. The van der Waals surface area contributed by atoms with Gasteiger partial charge in [-0.3, -0.25) is 14.8 Å². The Kier molecular flexibility index (Phi) is 10.8. The smallest absolute Gasteiger partial charge is 0.328 e. The van der Waals surface area contributed by atoms with Gasteiger partial charge in [-0.05, 0) is 31.0 Å². The van der Waals surface area contributed by atoms with Gasteiger partial charge >= 0.3 is 11.9 Å². The number of hydrogen-bond acceptors (Lipinski definition) is 6. The van der Waals surface area contributed by atoms with Gasteiger partial charge in [0.1, 0.15) is 11.9 Å². The van der Waals surface area contributed by atoms with Crippen LogP contribution in [0, 0.1) is 0 Å². The third-order valence-corrected chi connectivity index (χ3v) is 4.81. The van der Waals surface area contributed by atoms with Gasteiger partial charge in [0, 0.05) is 34.7 Å². The maximum absolute atomic E-state index is 12.7. The minimum Gasteiger partial charge on any atom is -0.621 e. The number of carboxylic acid groups (broad SMARTS) is 1. The van der Waals surface area contributed by atoms with Crippen LogP contribution in [0.4, 0.5) is 5.69 Å². The average molecular weight is 517 g/mol. The molecule has 0 bridgehead atoms. The molecule has 1 amide bonds. The average Bonchev–Trinajstić information content (AvgIpc) is 2.86. The van der Waals surface area contributed by atoms with E-state index in [9.17, 15) is 19.5 Å². The number of para-hydroxylation sites is 1. The molecule has 8 nitrogen and oxygen atoms in total. The number of carbonyl (C=O) groups is 3. The molecule has 1 aromatic heterocycles. The van der Waals surface area contributed by atoms with E-state index in [4.69, 9.17) is 4.74 Å². The van der Waals surface area contributed by atoms with Gasteiger partial charge in [-0.15, -0.1) is 5.69 Å². The standard InChI is InChI=1S/C26H25N3O5.Ni/c1-2-34-23(30)16-15-22(26(32)33)28-24(18-10-4-3-5-11-18)19-12-6-7-13-20(19)29-25(31)21-14-8-9-17-27-21;/h3-14,17,22H,2,15-16H2,1H3,(H2,28,29,31,32,33);/p-1. The van der Waals surface area contributed by atoms with Crippen LogP contribution in [0.1, 0.15) is 41.4 Å². The first-order chi connectivity index (χ1) is 16.5. The summed E-state index contributed by atoms with van der Waals surface area (Å²) in [7, 11) is 0. The van der Waals surface area contributed by atoms with Crippen LogP contribution in [0.15, 0.2) is 84.0 Å². The van der Waals surface area contributed by atoms with Gasteiger partial charge < -0.3 is 20.0 Å². The summed E-state index contributed by atoms with van der Waals surface area (Å²) in [5, 5.41) is 14.0. The minimum absolute atomic E-state index is 0. The Bertz CT molecular complexity index is 1170. The van der Waals surface area contributed by atoms with Gasteiger partial charge in [0.05, 0.1) is 18.0 Å². The fourth-order valence-electron chi connectivity index (χ4n) is 3.21. The Morgan fingerprint density at radius 2 is 1.69 bits per heavy atom. The van der Waals surface area contributed by atoms with Crippen LogP contribution < -0.4 is 0 Å². The van der Waals surface area contributed by atoms with Crippen molar-refractivity contribution in [2.75, 3.05) is 6.61 Å². The Balaban J connectivity index is 0.00000432. The van der Waals surface area contributed by atoms with Crippen molar-refractivity contribution in [1.29, 1.82) is 0 Å². The zero-order valence-electron chi connectivity index (χ0n) is 18.9. The molecule has 0 aliphatic heterocycles. The number of benzene rings is 2. The number of ether oxygens (including phenoxy) is 1. The predicted octanol–water partition coefficient (Wildman–Crippen LogP) is 4.56. The van der Waals surface area contributed by atoms with E-state index in [2.05, 4.69) is 15.3 Å². The molecule has 0 saturated carbocycles. The Hall–Kier alpha value is -3.84. The van der Waals surface area contributed by atoms with Crippen molar-refractivity contribution in [1.82, 2.24) is 4.98 Å². The number of amides is 1. The van der Waals surface area contributed by atoms with Crippen LogP contribution >= 0.6 is 0 Å². The summed E-state index contributed by atoms with van der Waals surface area (Å²) in [4.78, 5) is 45.0. The second kappa shape index (κ2) is 13.8. The monoisotopic (exact) mass is 516 g/mol. The number of aliphatic carboxylic acids is 1. The van der Waals surface area contributed by atoms with Gasteiger partial charge in [-0.1, -0.05) is 60.7 Å². The SMILES string of the molecule is CCOC(=O)CCC(N=C(c1ccccc1)c1ccccc1[N-]C(=O)c1ccccn1)C(=O)O.[Ni]. The zero-order chi connectivity index (χ0) is 24.3. The minimum atomic E-state index is -1.20. The molecule has 0 aliphatic carbocycles. The van der Waals surface area contributed by atoms with Crippen molar-refractivity contribution in [3.8, 4) is 0 Å². The second-order valence-corrected chi connectivity index (χ2v) is 7.19. The van der Waals surface area contributed by atoms with E-state index < -0.39 is 23.9 Å². The van der Waals surface area contributed by atoms with Gasteiger partial charge in [-0.2, -0.15) is 0 Å². The number of hydrogen-bond donors (Lipinski definition) is 1. The molecule has 2 aromatic carbocycles. The largest absolute Gasteiger partial charge is 0.621 e. The summed E-state index contributed by atoms with van der Waals surface area (Å²) in [6.07, 6.45) is 1.39. The fourth-order valence-corrected chi connectivity index (χ4v) is 3.21. The summed E-state index contributed by atoms with van der Waals surface area (Å²) in [5.41, 5.74) is 2.01. The molecule has 1 heterocycles. The number of aromatic nitrogens is 1. The fraction of sp³-hybridized carbons (Fsp3) is 0.192. The van der Waals surface area contributed by atoms with Crippen molar-refractivity contribution in [3.05, 3.63) is 101 Å². The molecule has 1 N–H and O–H groups in total. The van der Waals surface area contributed by atoms with E-state index in [0.717, 1.165) is 0 Å². The Labute approximate surface area is 213 Å². The summed E-state index contributed by atoms with van der Waals surface area (Å²) in [6.45, 7) is 1.90. The molecule has 3 rings (SSSR count). The number of rotatable bonds is 10. The number of esters is 1. The molecule has 0 aliphatic rings. The van der Waals surface area contributed by atoms with Gasteiger partial charge in [0.25, 0.3) is 0 Å². The third kappa shape index (κ3) is 7.86. The van der Waals surface area contributed by atoms with E-state index in [1.54, 1.807) is 73.7 Å². The van der Waals surface area contributed by atoms with Crippen molar-refractivity contribution in [2.45, 2.75) is 25.8 Å². The van der Waals surface area contributed by atoms with E-state index in [1.807, 2.05) is 6.07 Å². The quantitative estimate of drug-likeness (QED) is 0.239. The molecular formula is C26H24N3NiO5-. The van der Waals surface area contributed by atoms with Gasteiger partial charge in [-0.25, -0.2) is 4.79 Å². The van der Waals surface area contributed by atoms with Crippen LogP contribution in [-0.4, -0.2) is 46.3 Å². The number of carboxylic acids is 1. The maximum Gasteiger partial charge on any atom is 0.328 e. The van der Waals surface area contributed by atoms with Crippen LogP contribution in [0.5, 0.6) is 0 Å². The van der Waals surface area contributed by atoms with Crippen LogP contribution in [-0.2, 0) is 30.8 Å². The van der Waals surface area contributed by atoms with Crippen LogP contribution in [0.25, 0.3) is 5.32 Å². The van der Waals surface area contributed by atoms with Gasteiger partial charge in [0.2, 0.25) is 0 Å². The van der Waals surface area contributed by atoms with Crippen LogP contribution in [0.3, 0.4) is 0 Å². The summed E-state index contributed by atoms with van der Waals surface area (Å²) >= 11 is 0. The maximum atomic E-state index is 12.7. The topological polar surface area (TPSA) is 120 Å². The molecule has 184 valence electrons. The van der Waals surface area contributed by atoms with E-state index in [-0.39, 0.29) is 41.6 Å². The number of nitrogens with zero attached hydrogens (tertiary/aromatic N) is 3. The number of carbonyl (C=O) groups excluding carboxylic acids is 2. The molecule has 3 aromatic rings. The second-order valence-electron chi connectivity index (χ2n) is 7.19. The van der Waals surface area contributed by atoms with E-state index in [0.29, 0.717) is 22.5 Å². The molecule has 35 heavy (non-hydrogen) atoms. The normalized spacial score (nSPS) is 11.6. The molecule has 9 heteroatoms. The van der Waals surface area contributed by atoms with Crippen LogP contribution in [0.2, 0.25) is 0 Å². The number of pyridine rings is 1. The predicted molar refractivity (Wildman–Crippen MR) is 127 cm³/mol. The molecule has 0 fully saturated rings. The van der Waals surface area contributed by atoms with Gasteiger partial charge in [0.15, 0.2) is 0 Å². The van der Waals surface area contributed by atoms with E-state index in [1.165, 1.54) is 6.20 Å². The summed E-state index contributed by atoms with van der Waals surface area (Å²) in [5.74, 6) is -2.18.